The van der Waals surface area contributed by atoms with Crippen molar-refractivity contribution >= 4 is 28.6 Å². The fourth-order valence-corrected chi connectivity index (χ4v) is 2.01. The van der Waals surface area contributed by atoms with Gasteiger partial charge in [0.1, 0.15) is 11.4 Å². The van der Waals surface area contributed by atoms with E-state index in [2.05, 4.69) is 4.98 Å². The van der Waals surface area contributed by atoms with Crippen LogP contribution in [-0.2, 0) is 4.74 Å². The van der Waals surface area contributed by atoms with Crippen LogP contribution in [0, 0.1) is 0 Å². The summed E-state index contributed by atoms with van der Waals surface area (Å²) in [7, 11) is 0. The average Bonchev–Trinajstić information content (AvgIpc) is 2.82. The number of carbonyl (C=O) groups excluding carboxylic acids is 1. The quantitative estimate of drug-likeness (QED) is 0.652. The SMILES string of the molecule is CCOC(=O)c1cc2cc(OCCSC)ccc2[nH]1. The van der Waals surface area contributed by atoms with Crippen LogP contribution in [-0.4, -0.2) is 36.2 Å². The molecule has 0 saturated heterocycles. The average molecular weight is 279 g/mol. The number of carbonyl (C=O) groups is 1. The molecule has 19 heavy (non-hydrogen) atoms. The summed E-state index contributed by atoms with van der Waals surface area (Å²) in [5.41, 5.74) is 1.37. The number of thioether (sulfide) groups is 1. The summed E-state index contributed by atoms with van der Waals surface area (Å²) >= 11 is 1.75. The lowest BCUT2D eigenvalue weighted by Crippen LogP contribution is -2.04. The summed E-state index contributed by atoms with van der Waals surface area (Å²) in [5, 5.41) is 0.949. The first-order valence-corrected chi connectivity index (χ1v) is 7.55. The van der Waals surface area contributed by atoms with E-state index < -0.39 is 0 Å². The summed E-state index contributed by atoms with van der Waals surface area (Å²) < 4.78 is 10.6. The van der Waals surface area contributed by atoms with Crippen LogP contribution < -0.4 is 4.74 Å². The number of aromatic nitrogens is 1. The minimum absolute atomic E-state index is 0.330. The molecule has 0 radical (unpaired) electrons. The minimum Gasteiger partial charge on any atom is -0.493 e. The van der Waals surface area contributed by atoms with Crippen molar-refractivity contribution in [1.29, 1.82) is 0 Å². The monoisotopic (exact) mass is 279 g/mol. The lowest BCUT2D eigenvalue weighted by molar-refractivity contribution is 0.0520. The highest BCUT2D eigenvalue weighted by molar-refractivity contribution is 7.98. The lowest BCUT2D eigenvalue weighted by atomic mass is 10.2. The Hall–Kier alpha value is -1.62. The van der Waals surface area contributed by atoms with E-state index in [9.17, 15) is 4.79 Å². The van der Waals surface area contributed by atoms with Gasteiger partial charge in [0.05, 0.1) is 13.2 Å². The first-order chi connectivity index (χ1) is 9.24. The molecular formula is C14H17NO3S. The second-order valence-electron chi connectivity index (χ2n) is 3.99. The molecule has 0 spiro atoms. The van der Waals surface area contributed by atoms with Crippen LogP contribution in [0.3, 0.4) is 0 Å². The summed E-state index contributed by atoms with van der Waals surface area (Å²) in [6, 6.07) is 7.52. The second-order valence-corrected chi connectivity index (χ2v) is 4.98. The number of benzene rings is 1. The topological polar surface area (TPSA) is 51.3 Å². The van der Waals surface area contributed by atoms with Gasteiger partial charge in [-0.1, -0.05) is 0 Å². The molecule has 1 heterocycles. The van der Waals surface area contributed by atoms with Crippen molar-refractivity contribution in [2.24, 2.45) is 0 Å². The zero-order valence-electron chi connectivity index (χ0n) is 11.1. The standard InChI is InChI=1S/C14H17NO3S/c1-3-17-14(16)13-9-10-8-11(18-6-7-19-2)4-5-12(10)15-13/h4-5,8-9,15H,3,6-7H2,1-2H3. The predicted octanol–water partition coefficient (Wildman–Crippen LogP) is 3.09. The number of hydrogen-bond acceptors (Lipinski definition) is 4. The van der Waals surface area contributed by atoms with Crippen LogP contribution >= 0.6 is 11.8 Å². The molecule has 1 aromatic heterocycles. The van der Waals surface area contributed by atoms with Crippen LogP contribution in [0.4, 0.5) is 0 Å². The fourth-order valence-electron chi connectivity index (χ4n) is 1.76. The van der Waals surface area contributed by atoms with Gasteiger partial charge in [0, 0.05) is 16.7 Å². The number of rotatable bonds is 6. The van der Waals surface area contributed by atoms with Crippen molar-refractivity contribution in [2.45, 2.75) is 6.92 Å². The second kappa shape index (κ2) is 6.52. The first-order valence-electron chi connectivity index (χ1n) is 6.16. The molecule has 0 saturated carbocycles. The van der Waals surface area contributed by atoms with E-state index in [0.717, 1.165) is 22.4 Å². The van der Waals surface area contributed by atoms with Gasteiger partial charge in [-0.15, -0.1) is 0 Å². The maximum absolute atomic E-state index is 11.6. The van der Waals surface area contributed by atoms with Crippen LogP contribution in [0.15, 0.2) is 24.3 Å². The molecular weight excluding hydrogens is 262 g/mol. The van der Waals surface area contributed by atoms with E-state index in [-0.39, 0.29) is 5.97 Å². The predicted molar refractivity (Wildman–Crippen MR) is 78.1 cm³/mol. The van der Waals surface area contributed by atoms with Gasteiger partial charge in [0.2, 0.25) is 0 Å². The molecule has 102 valence electrons. The molecule has 0 fully saturated rings. The first kappa shape index (κ1) is 13.8. The Morgan fingerprint density at radius 1 is 1.37 bits per heavy atom. The third-order valence-corrected chi connectivity index (χ3v) is 3.22. The number of ether oxygens (including phenoxy) is 2. The van der Waals surface area contributed by atoms with Gasteiger partial charge < -0.3 is 14.5 Å². The molecule has 0 atom stereocenters. The van der Waals surface area contributed by atoms with Gasteiger partial charge in [-0.3, -0.25) is 0 Å². The zero-order valence-corrected chi connectivity index (χ0v) is 11.9. The molecule has 1 N–H and O–H groups in total. The minimum atomic E-state index is -0.330. The Balaban J connectivity index is 2.16. The Morgan fingerprint density at radius 2 is 2.21 bits per heavy atom. The van der Waals surface area contributed by atoms with Crippen molar-refractivity contribution in [1.82, 2.24) is 4.98 Å². The molecule has 0 aliphatic heterocycles. The molecule has 2 aromatic rings. The van der Waals surface area contributed by atoms with Gasteiger partial charge in [-0.25, -0.2) is 4.79 Å². The Labute approximate surface area is 116 Å². The Bertz CT molecular complexity index is 565. The number of H-pyrrole nitrogens is 1. The van der Waals surface area contributed by atoms with E-state index in [1.165, 1.54) is 0 Å². The summed E-state index contributed by atoms with van der Waals surface area (Å²) in [6.45, 7) is 2.84. The highest BCUT2D eigenvalue weighted by Gasteiger charge is 2.10. The van der Waals surface area contributed by atoms with Gasteiger partial charge >= 0.3 is 5.97 Å². The molecule has 1 aromatic carbocycles. The van der Waals surface area contributed by atoms with Crippen molar-refractivity contribution in [3.63, 3.8) is 0 Å². The lowest BCUT2D eigenvalue weighted by Gasteiger charge is -2.04. The molecule has 0 amide bonds. The zero-order chi connectivity index (χ0) is 13.7. The van der Waals surface area contributed by atoms with E-state index >= 15 is 0 Å². The van der Waals surface area contributed by atoms with Crippen molar-refractivity contribution in [3.05, 3.63) is 30.0 Å². The number of esters is 1. The Morgan fingerprint density at radius 3 is 2.95 bits per heavy atom. The highest BCUT2D eigenvalue weighted by atomic mass is 32.2. The number of hydrogen-bond donors (Lipinski definition) is 1. The number of nitrogens with one attached hydrogen (secondary N) is 1. The Kier molecular flexibility index (Phi) is 4.74. The van der Waals surface area contributed by atoms with Gasteiger partial charge in [-0.2, -0.15) is 11.8 Å². The summed E-state index contributed by atoms with van der Waals surface area (Å²) in [4.78, 5) is 14.7. The van der Waals surface area contributed by atoms with Crippen LogP contribution in [0.5, 0.6) is 5.75 Å². The van der Waals surface area contributed by atoms with E-state index in [0.29, 0.717) is 18.9 Å². The van der Waals surface area contributed by atoms with E-state index in [1.807, 2.05) is 24.5 Å². The molecule has 0 aliphatic rings. The third kappa shape index (κ3) is 3.44. The van der Waals surface area contributed by atoms with Crippen molar-refractivity contribution in [2.75, 3.05) is 25.2 Å². The van der Waals surface area contributed by atoms with Gasteiger partial charge in [0.25, 0.3) is 0 Å². The summed E-state index contributed by atoms with van der Waals surface area (Å²) in [6.07, 6.45) is 2.05. The van der Waals surface area contributed by atoms with Gasteiger partial charge in [-0.05, 0) is 37.4 Å². The van der Waals surface area contributed by atoms with Gasteiger partial charge in [0.15, 0.2) is 0 Å². The third-order valence-electron chi connectivity index (χ3n) is 2.64. The largest absolute Gasteiger partial charge is 0.493 e. The molecule has 0 unspecified atom stereocenters. The molecule has 5 heteroatoms. The number of aromatic amines is 1. The molecule has 2 rings (SSSR count). The maximum atomic E-state index is 11.6. The molecule has 0 aliphatic carbocycles. The smallest absolute Gasteiger partial charge is 0.354 e. The molecule has 0 bridgehead atoms. The van der Waals surface area contributed by atoms with Crippen molar-refractivity contribution in [3.8, 4) is 5.75 Å². The fraction of sp³-hybridized carbons (Fsp3) is 0.357. The van der Waals surface area contributed by atoms with E-state index in [1.54, 1.807) is 24.8 Å². The summed E-state index contributed by atoms with van der Waals surface area (Å²) in [5.74, 6) is 1.44. The van der Waals surface area contributed by atoms with Crippen LogP contribution in [0.2, 0.25) is 0 Å². The van der Waals surface area contributed by atoms with E-state index in [4.69, 9.17) is 9.47 Å². The maximum Gasteiger partial charge on any atom is 0.354 e. The number of fused-ring (bicyclic) bond motifs is 1. The van der Waals surface area contributed by atoms with Crippen LogP contribution in [0.1, 0.15) is 17.4 Å². The molecule has 4 nitrogen and oxygen atoms in total. The van der Waals surface area contributed by atoms with Crippen molar-refractivity contribution < 1.29 is 14.3 Å². The van der Waals surface area contributed by atoms with Crippen LogP contribution in [0.25, 0.3) is 10.9 Å². The highest BCUT2D eigenvalue weighted by Crippen LogP contribution is 2.22. The normalized spacial score (nSPS) is 10.6.